The van der Waals surface area contributed by atoms with E-state index < -0.39 is 5.54 Å². The Kier molecular flexibility index (Phi) is 3.94. The van der Waals surface area contributed by atoms with Crippen LogP contribution in [0, 0.1) is 5.92 Å². The second-order valence-corrected chi connectivity index (χ2v) is 5.86. The molecule has 0 aromatic carbocycles. The molecular weight excluding hydrogens is 292 g/mol. The molecule has 2 aromatic heterocycles. The van der Waals surface area contributed by atoms with Gasteiger partial charge < -0.3 is 14.1 Å². The van der Waals surface area contributed by atoms with E-state index in [2.05, 4.69) is 22.9 Å². The lowest BCUT2D eigenvalue weighted by Crippen LogP contribution is -2.53. The van der Waals surface area contributed by atoms with Gasteiger partial charge in [-0.15, -0.1) is 0 Å². The topological polar surface area (TPSA) is 55.6 Å². The maximum Gasteiger partial charge on any atom is 0.311 e. The van der Waals surface area contributed by atoms with E-state index in [-0.39, 0.29) is 11.9 Å². The Hall–Kier alpha value is -2.56. The van der Waals surface area contributed by atoms with Gasteiger partial charge in [0.25, 0.3) is 0 Å². The van der Waals surface area contributed by atoms with Crippen molar-refractivity contribution < 1.29 is 13.9 Å². The van der Waals surface area contributed by atoms with E-state index in [9.17, 15) is 4.79 Å². The summed E-state index contributed by atoms with van der Waals surface area (Å²) in [6.45, 7) is 4.09. The molecule has 2 aromatic rings. The van der Waals surface area contributed by atoms with Crippen molar-refractivity contribution in [2.75, 3.05) is 12.0 Å². The van der Waals surface area contributed by atoms with E-state index in [1.165, 1.54) is 7.11 Å². The van der Waals surface area contributed by atoms with Crippen LogP contribution in [0.15, 0.2) is 59.3 Å². The molecule has 3 rings (SSSR count). The SMILES string of the molecule is COC(=O)C1CC=C(C)N(c2ccoc2)C1(C)c1cccnc1. The summed E-state index contributed by atoms with van der Waals surface area (Å²) in [5.41, 5.74) is 2.32. The molecule has 2 unspecified atom stereocenters. The average molecular weight is 312 g/mol. The van der Waals surface area contributed by atoms with Crippen LogP contribution in [-0.2, 0) is 15.1 Å². The van der Waals surface area contributed by atoms with Crippen molar-refractivity contribution in [2.24, 2.45) is 5.92 Å². The summed E-state index contributed by atoms with van der Waals surface area (Å²) in [5, 5.41) is 0. The molecule has 0 saturated carbocycles. The molecular formula is C18H20N2O3. The standard InChI is InChI=1S/C18H20N2O3/c1-13-6-7-16(17(21)22-3)18(2,14-5-4-9-19-11-14)20(13)15-8-10-23-12-15/h4-6,8-12,16H,7H2,1-3H3. The summed E-state index contributed by atoms with van der Waals surface area (Å²) in [6, 6.07) is 5.77. The molecule has 23 heavy (non-hydrogen) atoms. The average Bonchev–Trinajstić information content (AvgIpc) is 3.09. The van der Waals surface area contributed by atoms with Gasteiger partial charge in [0.15, 0.2) is 0 Å². The molecule has 0 bridgehead atoms. The highest BCUT2D eigenvalue weighted by molar-refractivity contribution is 5.77. The Morgan fingerprint density at radius 1 is 1.48 bits per heavy atom. The van der Waals surface area contributed by atoms with E-state index in [1.54, 1.807) is 18.7 Å². The van der Waals surface area contributed by atoms with Crippen molar-refractivity contribution in [1.82, 2.24) is 4.98 Å². The van der Waals surface area contributed by atoms with Crippen molar-refractivity contribution >= 4 is 11.7 Å². The second-order valence-electron chi connectivity index (χ2n) is 5.86. The van der Waals surface area contributed by atoms with E-state index in [4.69, 9.17) is 9.15 Å². The van der Waals surface area contributed by atoms with Gasteiger partial charge in [-0.25, -0.2) is 0 Å². The molecule has 0 fully saturated rings. The van der Waals surface area contributed by atoms with E-state index in [0.717, 1.165) is 16.9 Å². The van der Waals surface area contributed by atoms with Gasteiger partial charge >= 0.3 is 5.97 Å². The van der Waals surface area contributed by atoms with Gasteiger partial charge in [-0.05, 0) is 31.9 Å². The number of rotatable bonds is 3. The van der Waals surface area contributed by atoms with Gasteiger partial charge in [-0.1, -0.05) is 12.1 Å². The number of methoxy groups -OCH3 is 1. The minimum absolute atomic E-state index is 0.228. The van der Waals surface area contributed by atoms with Gasteiger partial charge in [0.05, 0.1) is 30.5 Å². The summed E-state index contributed by atoms with van der Waals surface area (Å²) >= 11 is 0. The lowest BCUT2D eigenvalue weighted by molar-refractivity contribution is -0.148. The zero-order valence-electron chi connectivity index (χ0n) is 13.5. The van der Waals surface area contributed by atoms with Crippen molar-refractivity contribution in [3.63, 3.8) is 0 Å². The smallest absolute Gasteiger partial charge is 0.311 e. The minimum Gasteiger partial charge on any atom is -0.470 e. The Labute approximate surface area is 135 Å². The predicted octanol–water partition coefficient (Wildman–Crippen LogP) is 3.49. The molecule has 5 heteroatoms. The quantitative estimate of drug-likeness (QED) is 0.812. The van der Waals surface area contributed by atoms with E-state index in [0.29, 0.717) is 6.42 Å². The number of carbonyl (C=O) groups is 1. The number of hydrogen-bond donors (Lipinski definition) is 0. The van der Waals surface area contributed by atoms with Crippen LogP contribution in [0.5, 0.6) is 0 Å². The van der Waals surface area contributed by atoms with Crippen molar-refractivity contribution in [2.45, 2.75) is 25.8 Å². The molecule has 0 N–H and O–H groups in total. The van der Waals surface area contributed by atoms with Crippen LogP contribution in [0.3, 0.4) is 0 Å². The number of anilines is 1. The third kappa shape index (κ3) is 2.42. The van der Waals surface area contributed by atoms with Gasteiger partial charge in [0.1, 0.15) is 6.26 Å². The van der Waals surface area contributed by atoms with E-state index in [1.807, 2.05) is 31.3 Å². The van der Waals surface area contributed by atoms with Gasteiger partial charge in [0, 0.05) is 24.2 Å². The maximum atomic E-state index is 12.5. The van der Waals surface area contributed by atoms with Crippen LogP contribution in [0.25, 0.3) is 0 Å². The minimum atomic E-state index is -0.607. The molecule has 0 radical (unpaired) electrons. The first-order chi connectivity index (χ1) is 11.1. The third-order valence-corrected chi connectivity index (χ3v) is 4.64. The van der Waals surface area contributed by atoms with Gasteiger partial charge in [-0.3, -0.25) is 9.78 Å². The summed E-state index contributed by atoms with van der Waals surface area (Å²) in [6.07, 6.45) is 9.54. The Morgan fingerprint density at radius 3 is 2.91 bits per heavy atom. The highest BCUT2D eigenvalue weighted by Gasteiger charge is 2.48. The molecule has 1 aliphatic rings. The van der Waals surface area contributed by atoms with Crippen LogP contribution >= 0.6 is 0 Å². The van der Waals surface area contributed by atoms with Crippen molar-refractivity contribution in [3.05, 3.63) is 60.5 Å². The highest BCUT2D eigenvalue weighted by Crippen LogP contribution is 2.46. The van der Waals surface area contributed by atoms with Gasteiger partial charge in [-0.2, -0.15) is 0 Å². The highest BCUT2D eigenvalue weighted by atomic mass is 16.5. The molecule has 2 atom stereocenters. The number of ether oxygens (including phenoxy) is 1. The summed E-state index contributed by atoms with van der Waals surface area (Å²) < 4.78 is 10.3. The first-order valence-corrected chi connectivity index (χ1v) is 7.56. The number of aromatic nitrogens is 1. The molecule has 120 valence electrons. The molecule has 0 aliphatic carbocycles. The molecule has 0 amide bonds. The number of esters is 1. The molecule has 1 aliphatic heterocycles. The number of hydrogen-bond acceptors (Lipinski definition) is 5. The predicted molar refractivity (Wildman–Crippen MR) is 86.7 cm³/mol. The number of pyridine rings is 1. The lowest BCUT2D eigenvalue weighted by atomic mass is 9.74. The second kappa shape index (κ2) is 5.91. The van der Waals surface area contributed by atoms with Crippen LogP contribution in [0.4, 0.5) is 5.69 Å². The molecule has 5 nitrogen and oxygen atoms in total. The first-order valence-electron chi connectivity index (χ1n) is 7.56. The zero-order valence-corrected chi connectivity index (χ0v) is 13.5. The fourth-order valence-corrected chi connectivity index (χ4v) is 3.45. The van der Waals surface area contributed by atoms with Crippen LogP contribution < -0.4 is 4.90 Å². The Bertz CT molecular complexity index is 709. The first kappa shape index (κ1) is 15.3. The summed E-state index contributed by atoms with van der Waals surface area (Å²) in [5.74, 6) is -0.566. The van der Waals surface area contributed by atoms with Crippen molar-refractivity contribution in [3.8, 4) is 0 Å². The number of furan rings is 1. The Morgan fingerprint density at radius 2 is 2.30 bits per heavy atom. The normalized spacial score (nSPS) is 24.2. The van der Waals surface area contributed by atoms with E-state index >= 15 is 0 Å². The van der Waals surface area contributed by atoms with Crippen LogP contribution in [0.1, 0.15) is 25.8 Å². The Balaban J connectivity index is 2.20. The zero-order chi connectivity index (χ0) is 16.4. The number of allylic oxidation sites excluding steroid dienone is 2. The van der Waals surface area contributed by atoms with Crippen molar-refractivity contribution in [1.29, 1.82) is 0 Å². The van der Waals surface area contributed by atoms with Gasteiger partial charge in [0.2, 0.25) is 0 Å². The third-order valence-electron chi connectivity index (χ3n) is 4.64. The van der Waals surface area contributed by atoms with Crippen LogP contribution in [-0.4, -0.2) is 18.1 Å². The number of carbonyl (C=O) groups excluding carboxylic acids is 1. The fraction of sp³-hybridized carbons (Fsp3) is 0.333. The molecule has 3 heterocycles. The number of nitrogens with zero attached hydrogens (tertiary/aromatic N) is 2. The largest absolute Gasteiger partial charge is 0.470 e. The van der Waals surface area contributed by atoms with Crippen LogP contribution in [0.2, 0.25) is 0 Å². The monoisotopic (exact) mass is 312 g/mol. The summed E-state index contributed by atoms with van der Waals surface area (Å²) in [4.78, 5) is 18.8. The fourth-order valence-electron chi connectivity index (χ4n) is 3.45. The summed E-state index contributed by atoms with van der Waals surface area (Å²) in [7, 11) is 1.43. The molecule has 0 saturated heterocycles. The maximum absolute atomic E-state index is 12.5. The lowest BCUT2D eigenvalue weighted by Gasteiger charge is -2.49. The molecule has 0 spiro atoms.